The van der Waals surface area contributed by atoms with Gasteiger partial charge < -0.3 is 16.0 Å². The first-order valence-electron chi connectivity index (χ1n) is 7.52. The molecule has 0 spiro atoms. The molecule has 5 nitrogen and oxygen atoms in total. The molecule has 0 aliphatic carbocycles. The van der Waals surface area contributed by atoms with Crippen molar-refractivity contribution in [1.82, 2.24) is 10.2 Å². The summed E-state index contributed by atoms with van der Waals surface area (Å²) in [6.07, 6.45) is 1.06. The fourth-order valence-corrected chi connectivity index (χ4v) is 3.39. The Morgan fingerprint density at radius 3 is 2.67 bits per heavy atom. The number of nitrogens with zero attached hydrogens (tertiary/aromatic N) is 1. The average Bonchev–Trinajstić information content (AvgIpc) is 3.13. The maximum atomic E-state index is 12.5. The van der Waals surface area contributed by atoms with E-state index in [1.54, 1.807) is 0 Å². The van der Waals surface area contributed by atoms with E-state index in [9.17, 15) is 9.59 Å². The zero-order valence-electron chi connectivity index (χ0n) is 12.0. The summed E-state index contributed by atoms with van der Waals surface area (Å²) >= 11 is 0. The molecule has 0 saturated carbocycles. The molecule has 0 aromatic heterocycles. The van der Waals surface area contributed by atoms with Gasteiger partial charge >= 0.3 is 0 Å². The van der Waals surface area contributed by atoms with Gasteiger partial charge in [0.1, 0.15) is 6.04 Å². The lowest BCUT2D eigenvalue weighted by Gasteiger charge is -2.20. The molecular formula is C16H21N3O2. The Morgan fingerprint density at radius 1 is 1.29 bits per heavy atom. The summed E-state index contributed by atoms with van der Waals surface area (Å²) in [5.41, 5.74) is 7.13. The van der Waals surface area contributed by atoms with Gasteiger partial charge in [0.05, 0.1) is 0 Å². The number of rotatable bonds is 3. The van der Waals surface area contributed by atoms with Crippen LogP contribution in [0.1, 0.15) is 24.3 Å². The molecule has 2 aliphatic rings. The molecule has 3 rings (SSSR count). The van der Waals surface area contributed by atoms with Crippen LogP contribution in [-0.4, -0.2) is 42.4 Å². The minimum absolute atomic E-state index is 0.0254. The van der Waals surface area contributed by atoms with Crippen molar-refractivity contribution >= 4 is 11.8 Å². The lowest BCUT2D eigenvalue weighted by Crippen LogP contribution is -2.43. The molecule has 0 radical (unpaired) electrons. The second kappa shape index (κ2) is 5.85. The van der Waals surface area contributed by atoms with Gasteiger partial charge in [-0.1, -0.05) is 30.3 Å². The third-order valence-corrected chi connectivity index (χ3v) is 4.58. The molecule has 2 fully saturated rings. The van der Waals surface area contributed by atoms with E-state index < -0.39 is 0 Å². The first-order valence-corrected chi connectivity index (χ1v) is 7.52. The Morgan fingerprint density at radius 2 is 2.05 bits per heavy atom. The fourth-order valence-electron chi connectivity index (χ4n) is 3.39. The van der Waals surface area contributed by atoms with Gasteiger partial charge in [-0.15, -0.1) is 0 Å². The van der Waals surface area contributed by atoms with E-state index in [4.69, 9.17) is 5.73 Å². The molecule has 0 bridgehead atoms. The Hall–Kier alpha value is -1.88. The number of carbonyl (C=O) groups is 2. The number of likely N-dealkylation sites (tertiary alicyclic amines) is 1. The molecule has 2 saturated heterocycles. The second-order valence-electron chi connectivity index (χ2n) is 5.91. The second-order valence-corrected chi connectivity index (χ2v) is 5.91. The van der Waals surface area contributed by atoms with Gasteiger partial charge in [-0.05, 0) is 24.4 Å². The van der Waals surface area contributed by atoms with Crippen LogP contribution in [0.3, 0.4) is 0 Å². The van der Waals surface area contributed by atoms with E-state index in [0.717, 1.165) is 0 Å². The molecule has 2 heterocycles. The van der Waals surface area contributed by atoms with Crippen molar-refractivity contribution in [1.29, 1.82) is 0 Å². The topological polar surface area (TPSA) is 75.4 Å². The van der Waals surface area contributed by atoms with Crippen LogP contribution in [0.2, 0.25) is 0 Å². The van der Waals surface area contributed by atoms with Crippen molar-refractivity contribution in [2.24, 2.45) is 11.7 Å². The van der Waals surface area contributed by atoms with Crippen LogP contribution in [-0.2, 0) is 9.59 Å². The summed E-state index contributed by atoms with van der Waals surface area (Å²) in [4.78, 5) is 25.6. The standard InChI is InChI=1S/C16H21N3O2/c17-8-12-9-19(16(21)14-6-7-15(20)18-14)10-13(12)11-4-2-1-3-5-11/h1-5,12-14H,6-10,17H2,(H,18,20)/t12-,13+,14?/m1/s1. The average molecular weight is 287 g/mol. The van der Waals surface area contributed by atoms with Crippen molar-refractivity contribution in [3.63, 3.8) is 0 Å². The molecule has 2 aliphatic heterocycles. The number of nitrogens with one attached hydrogen (secondary N) is 1. The Bertz CT molecular complexity index is 532. The van der Waals surface area contributed by atoms with Gasteiger partial charge in [-0.2, -0.15) is 0 Å². The van der Waals surface area contributed by atoms with Crippen molar-refractivity contribution in [3.05, 3.63) is 35.9 Å². The van der Waals surface area contributed by atoms with Crippen LogP contribution in [0.25, 0.3) is 0 Å². The lowest BCUT2D eigenvalue weighted by atomic mass is 9.89. The monoisotopic (exact) mass is 287 g/mol. The first kappa shape index (κ1) is 14.1. The highest BCUT2D eigenvalue weighted by Gasteiger charge is 2.39. The van der Waals surface area contributed by atoms with Gasteiger partial charge in [-0.3, -0.25) is 9.59 Å². The highest BCUT2D eigenvalue weighted by molar-refractivity contribution is 5.91. The third-order valence-electron chi connectivity index (χ3n) is 4.58. The maximum Gasteiger partial charge on any atom is 0.245 e. The number of amides is 2. The molecule has 112 valence electrons. The predicted molar refractivity (Wildman–Crippen MR) is 79.5 cm³/mol. The molecule has 1 unspecified atom stereocenters. The minimum Gasteiger partial charge on any atom is -0.344 e. The van der Waals surface area contributed by atoms with E-state index in [0.29, 0.717) is 32.5 Å². The van der Waals surface area contributed by atoms with Gasteiger partial charge in [0, 0.05) is 25.4 Å². The summed E-state index contributed by atoms with van der Waals surface area (Å²) in [5, 5.41) is 2.76. The fraction of sp³-hybridized carbons (Fsp3) is 0.500. The van der Waals surface area contributed by atoms with E-state index in [2.05, 4.69) is 17.4 Å². The Labute approximate surface area is 124 Å². The zero-order valence-corrected chi connectivity index (χ0v) is 12.0. The number of hydrogen-bond acceptors (Lipinski definition) is 3. The maximum absolute atomic E-state index is 12.5. The van der Waals surface area contributed by atoms with Crippen LogP contribution < -0.4 is 11.1 Å². The third kappa shape index (κ3) is 2.78. The van der Waals surface area contributed by atoms with Crippen LogP contribution in [0, 0.1) is 5.92 Å². The smallest absolute Gasteiger partial charge is 0.245 e. The molecule has 3 N–H and O–H groups in total. The van der Waals surface area contributed by atoms with Crippen molar-refractivity contribution in [2.45, 2.75) is 24.8 Å². The number of benzene rings is 1. The quantitative estimate of drug-likeness (QED) is 0.848. The first-order chi connectivity index (χ1) is 10.2. The van der Waals surface area contributed by atoms with Gasteiger partial charge in [0.2, 0.25) is 11.8 Å². The van der Waals surface area contributed by atoms with E-state index in [1.807, 2.05) is 23.1 Å². The van der Waals surface area contributed by atoms with Gasteiger partial charge in [0.15, 0.2) is 0 Å². The Kier molecular flexibility index (Phi) is 3.92. The molecular weight excluding hydrogens is 266 g/mol. The molecule has 2 amide bonds. The normalized spacial score (nSPS) is 28.7. The summed E-state index contributed by atoms with van der Waals surface area (Å²) in [6.45, 7) is 1.94. The lowest BCUT2D eigenvalue weighted by molar-refractivity contribution is -0.133. The zero-order chi connectivity index (χ0) is 14.8. The number of hydrogen-bond donors (Lipinski definition) is 2. The molecule has 3 atom stereocenters. The summed E-state index contributed by atoms with van der Waals surface area (Å²) < 4.78 is 0. The molecule has 1 aromatic carbocycles. The molecule has 21 heavy (non-hydrogen) atoms. The van der Waals surface area contributed by atoms with Crippen molar-refractivity contribution < 1.29 is 9.59 Å². The molecule has 5 heteroatoms. The SMILES string of the molecule is NC[C@@H]1CN(C(=O)C2CCC(=O)N2)C[C@H]1c1ccccc1. The van der Waals surface area contributed by atoms with E-state index in [1.165, 1.54) is 5.56 Å². The van der Waals surface area contributed by atoms with Crippen LogP contribution in [0.4, 0.5) is 0 Å². The summed E-state index contributed by atoms with van der Waals surface area (Å²) in [6, 6.07) is 9.88. The highest BCUT2D eigenvalue weighted by atomic mass is 16.2. The number of nitrogens with two attached hydrogens (primary N) is 1. The van der Waals surface area contributed by atoms with Crippen molar-refractivity contribution in [2.75, 3.05) is 19.6 Å². The minimum atomic E-state index is -0.342. The van der Waals surface area contributed by atoms with Gasteiger partial charge in [-0.25, -0.2) is 0 Å². The van der Waals surface area contributed by atoms with E-state index >= 15 is 0 Å². The number of carbonyl (C=O) groups excluding carboxylic acids is 2. The highest BCUT2D eigenvalue weighted by Crippen LogP contribution is 2.32. The van der Waals surface area contributed by atoms with Crippen LogP contribution >= 0.6 is 0 Å². The summed E-state index contributed by atoms with van der Waals surface area (Å²) in [5.74, 6) is 0.589. The Balaban J connectivity index is 1.72. The van der Waals surface area contributed by atoms with Gasteiger partial charge in [0.25, 0.3) is 0 Å². The molecule has 1 aromatic rings. The van der Waals surface area contributed by atoms with Crippen molar-refractivity contribution in [3.8, 4) is 0 Å². The van der Waals surface area contributed by atoms with Crippen LogP contribution in [0.15, 0.2) is 30.3 Å². The summed E-state index contributed by atoms with van der Waals surface area (Å²) in [7, 11) is 0. The predicted octanol–water partition coefficient (Wildman–Crippen LogP) is 0.466. The largest absolute Gasteiger partial charge is 0.344 e. The van der Waals surface area contributed by atoms with Crippen LogP contribution in [0.5, 0.6) is 0 Å². The van der Waals surface area contributed by atoms with E-state index in [-0.39, 0.29) is 29.7 Å².